The molecule has 0 saturated heterocycles. The fraction of sp³-hybridized carbons (Fsp3) is 0.273. The SMILES string of the molecule is Cc1cccc(C)c1OCc1ccc(C(=O)Nc2c(C)nn(C)c2C)cc1. The van der Waals surface area contributed by atoms with Gasteiger partial charge < -0.3 is 10.1 Å². The number of hydrogen-bond acceptors (Lipinski definition) is 3. The van der Waals surface area contributed by atoms with Crippen LogP contribution in [0.15, 0.2) is 42.5 Å². The predicted molar refractivity (Wildman–Crippen MR) is 107 cm³/mol. The normalized spacial score (nSPS) is 10.7. The van der Waals surface area contributed by atoms with Crippen molar-refractivity contribution in [3.05, 3.63) is 76.1 Å². The summed E-state index contributed by atoms with van der Waals surface area (Å²) < 4.78 is 7.74. The third-order valence-electron chi connectivity index (χ3n) is 4.76. The second-order valence-corrected chi connectivity index (χ2v) is 6.83. The number of carbonyl (C=O) groups is 1. The number of nitrogens with zero attached hydrogens (tertiary/aromatic N) is 2. The lowest BCUT2D eigenvalue weighted by atomic mass is 10.1. The van der Waals surface area contributed by atoms with Gasteiger partial charge in [-0.25, -0.2) is 0 Å². The average molecular weight is 363 g/mol. The summed E-state index contributed by atoms with van der Waals surface area (Å²) in [6.45, 7) is 8.37. The lowest BCUT2D eigenvalue weighted by Crippen LogP contribution is -2.13. The molecule has 2 aromatic carbocycles. The number of nitrogens with one attached hydrogen (secondary N) is 1. The molecule has 0 bridgehead atoms. The van der Waals surface area contributed by atoms with Crippen LogP contribution in [0.3, 0.4) is 0 Å². The summed E-state index contributed by atoms with van der Waals surface area (Å²) in [6.07, 6.45) is 0. The van der Waals surface area contributed by atoms with E-state index in [1.54, 1.807) is 4.68 Å². The van der Waals surface area contributed by atoms with Gasteiger partial charge in [-0.1, -0.05) is 30.3 Å². The molecule has 0 unspecified atom stereocenters. The highest BCUT2D eigenvalue weighted by Gasteiger charge is 2.14. The lowest BCUT2D eigenvalue weighted by Gasteiger charge is -2.12. The Labute approximate surface area is 160 Å². The first-order chi connectivity index (χ1) is 12.9. The summed E-state index contributed by atoms with van der Waals surface area (Å²) in [4.78, 5) is 12.5. The quantitative estimate of drug-likeness (QED) is 0.727. The first kappa shape index (κ1) is 18.7. The largest absolute Gasteiger partial charge is 0.488 e. The van der Waals surface area contributed by atoms with Crippen molar-refractivity contribution in [3.63, 3.8) is 0 Å². The van der Waals surface area contributed by atoms with Crippen LogP contribution in [-0.2, 0) is 13.7 Å². The molecule has 0 aliphatic rings. The van der Waals surface area contributed by atoms with Gasteiger partial charge in [0.05, 0.1) is 17.1 Å². The summed E-state index contributed by atoms with van der Waals surface area (Å²) >= 11 is 0. The Morgan fingerprint density at radius 1 is 1.04 bits per heavy atom. The van der Waals surface area contributed by atoms with Gasteiger partial charge in [-0.3, -0.25) is 9.48 Å². The topological polar surface area (TPSA) is 56.1 Å². The van der Waals surface area contributed by atoms with Gasteiger partial charge in [0.25, 0.3) is 5.91 Å². The Morgan fingerprint density at radius 3 is 2.22 bits per heavy atom. The molecule has 0 spiro atoms. The Morgan fingerprint density at radius 2 is 1.67 bits per heavy atom. The van der Waals surface area contributed by atoms with Crippen LogP contribution in [0.25, 0.3) is 0 Å². The van der Waals surface area contributed by atoms with Crippen LogP contribution in [0.2, 0.25) is 0 Å². The molecule has 1 amide bonds. The van der Waals surface area contributed by atoms with E-state index in [-0.39, 0.29) is 5.91 Å². The fourth-order valence-electron chi connectivity index (χ4n) is 3.07. The molecule has 0 aliphatic heterocycles. The molecule has 0 saturated carbocycles. The molecule has 0 aliphatic carbocycles. The first-order valence-electron chi connectivity index (χ1n) is 8.96. The van der Waals surface area contributed by atoms with Crippen LogP contribution in [-0.4, -0.2) is 15.7 Å². The maximum absolute atomic E-state index is 12.5. The van der Waals surface area contributed by atoms with Gasteiger partial charge >= 0.3 is 0 Å². The summed E-state index contributed by atoms with van der Waals surface area (Å²) in [5.41, 5.74) is 6.37. The highest BCUT2D eigenvalue weighted by molar-refractivity contribution is 6.04. The van der Waals surface area contributed by atoms with E-state index in [0.29, 0.717) is 12.2 Å². The molecule has 3 rings (SSSR count). The zero-order valence-corrected chi connectivity index (χ0v) is 16.5. The second-order valence-electron chi connectivity index (χ2n) is 6.83. The van der Waals surface area contributed by atoms with Gasteiger partial charge in [0, 0.05) is 12.6 Å². The second kappa shape index (κ2) is 7.66. The molecule has 0 atom stereocenters. The number of hydrogen-bond donors (Lipinski definition) is 1. The zero-order chi connectivity index (χ0) is 19.6. The van der Waals surface area contributed by atoms with E-state index >= 15 is 0 Å². The molecule has 1 aromatic heterocycles. The predicted octanol–water partition coefficient (Wildman–Crippen LogP) is 4.49. The van der Waals surface area contributed by atoms with Crippen LogP contribution in [0.5, 0.6) is 5.75 Å². The molecule has 1 N–H and O–H groups in total. The van der Waals surface area contributed by atoms with Gasteiger partial charge in [-0.2, -0.15) is 5.10 Å². The molecule has 3 aromatic rings. The van der Waals surface area contributed by atoms with E-state index < -0.39 is 0 Å². The van der Waals surface area contributed by atoms with Crippen molar-refractivity contribution in [2.24, 2.45) is 7.05 Å². The van der Waals surface area contributed by atoms with Crippen LogP contribution in [0, 0.1) is 27.7 Å². The molecule has 5 nitrogen and oxygen atoms in total. The number of para-hydroxylation sites is 1. The molecule has 0 fully saturated rings. The molecule has 0 radical (unpaired) electrons. The van der Waals surface area contributed by atoms with E-state index in [2.05, 4.69) is 10.4 Å². The maximum Gasteiger partial charge on any atom is 0.255 e. The van der Waals surface area contributed by atoms with Gasteiger partial charge in [-0.15, -0.1) is 0 Å². The number of benzene rings is 2. The number of rotatable bonds is 5. The minimum absolute atomic E-state index is 0.142. The molecular weight excluding hydrogens is 338 g/mol. The van der Waals surface area contributed by atoms with Crippen molar-refractivity contribution < 1.29 is 9.53 Å². The zero-order valence-electron chi connectivity index (χ0n) is 16.5. The van der Waals surface area contributed by atoms with Gasteiger partial charge in [0.1, 0.15) is 12.4 Å². The van der Waals surface area contributed by atoms with Crippen molar-refractivity contribution in [3.8, 4) is 5.75 Å². The molecule has 140 valence electrons. The summed E-state index contributed by atoms with van der Waals surface area (Å²) in [7, 11) is 1.86. The third kappa shape index (κ3) is 4.03. The lowest BCUT2D eigenvalue weighted by molar-refractivity contribution is 0.102. The van der Waals surface area contributed by atoms with Gasteiger partial charge in [-0.05, 0) is 56.5 Å². The number of amides is 1. The summed E-state index contributed by atoms with van der Waals surface area (Å²) in [5, 5.41) is 7.28. The number of ether oxygens (including phenoxy) is 1. The van der Waals surface area contributed by atoms with Gasteiger partial charge in [0.2, 0.25) is 0 Å². The van der Waals surface area contributed by atoms with E-state index in [1.165, 1.54) is 0 Å². The fourth-order valence-corrected chi connectivity index (χ4v) is 3.07. The van der Waals surface area contributed by atoms with E-state index in [0.717, 1.165) is 39.5 Å². The Balaban J connectivity index is 1.67. The standard InChI is InChI=1S/C22H25N3O2/c1-14-7-6-8-15(2)21(14)27-13-18-9-11-19(12-10-18)22(26)23-20-16(3)24-25(5)17(20)4/h6-12H,13H2,1-5H3,(H,23,26). The monoisotopic (exact) mass is 363 g/mol. The molecule has 27 heavy (non-hydrogen) atoms. The van der Waals surface area contributed by atoms with Crippen LogP contribution in [0.4, 0.5) is 5.69 Å². The van der Waals surface area contributed by atoms with E-state index in [9.17, 15) is 4.79 Å². The smallest absolute Gasteiger partial charge is 0.255 e. The van der Waals surface area contributed by atoms with Crippen molar-refractivity contribution in [2.45, 2.75) is 34.3 Å². The molecular formula is C22H25N3O2. The summed E-state index contributed by atoms with van der Waals surface area (Å²) in [6, 6.07) is 13.6. The van der Waals surface area contributed by atoms with Crippen LogP contribution < -0.4 is 10.1 Å². The van der Waals surface area contributed by atoms with Crippen molar-refractivity contribution in [1.82, 2.24) is 9.78 Å². The minimum Gasteiger partial charge on any atom is -0.488 e. The summed E-state index contributed by atoms with van der Waals surface area (Å²) in [5.74, 6) is 0.776. The Kier molecular flexibility index (Phi) is 5.31. The third-order valence-corrected chi connectivity index (χ3v) is 4.76. The first-order valence-corrected chi connectivity index (χ1v) is 8.96. The Bertz CT molecular complexity index is 952. The van der Waals surface area contributed by atoms with Crippen molar-refractivity contribution >= 4 is 11.6 Å². The van der Waals surface area contributed by atoms with Crippen LogP contribution in [0.1, 0.15) is 38.4 Å². The molecule has 1 heterocycles. The molecule has 5 heteroatoms. The highest BCUT2D eigenvalue weighted by Crippen LogP contribution is 2.24. The minimum atomic E-state index is -0.142. The average Bonchev–Trinajstić information content (AvgIpc) is 2.88. The number of carbonyl (C=O) groups excluding carboxylic acids is 1. The van der Waals surface area contributed by atoms with Crippen LogP contribution >= 0.6 is 0 Å². The number of aryl methyl sites for hydroxylation is 4. The van der Waals surface area contributed by atoms with Crippen molar-refractivity contribution in [1.29, 1.82) is 0 Å². The number of anilines is 1. The van der Waals surface area contributed by atoms with Crippen molar-refractivity contribution in [2.75, 3.05) is 5.32 Å². The van der Waals surface area contributed by atoms with E-state index in [1.807, 2.05) is 77.2 Å². The van der Waals surface area contributed by atoms with Gasteiger partial charge in [0.15, 0.2) is 0 Å². The number of aromatic nitrogens is 2. The highest BCUT2D eigenvalue weighted by atomic mass is 16.5. The van der Waals surface area contributed by atoms with E-state index in [4.69, 9.17) is 4.74 Å². The Hall–Kier alpha value is -3.08. The maximum atomic E-state index is 12.5.